The Morgan fingerprint density at radius 1 is 1.37 bits per heavy atom. The minimum Gasteiger partial charge on any atom is -0.477 e. The smallest absolute Gasteiger partial charge is 0.347 e. The molecule has 1 rings (SSSR count). The van der Waals surface area contributed by atoms with Gasteiger partial charge >= 0.3 is 5.97 Å². The van der Waals surface area contributed by atoms with Gasteiger partial charge in [-0.15, -0.1) is 0 Å². The van der Waals surface area contributed by atoms with Gasteiger partial charge in [0, 0.05) is 11.6 Å². The molecule has 0 aliphatic heterocycles. The molecular formula is C13H17Cl2NO3. The fourth-order valence-electron chi connectivity index (χ4n) is 1.26. The van der Waals surface area contributed by atoms with Gasteiger partial charge in [0.15, 0.2) is 6.10 Å². The van der Waals surface area contributed by atoms with E-state index in [1.165, 1.54) is 0 Å². The highest BCUT2D eigenvalue weighted by atomic mass is 35.5. The Labute approximate surface area is 123 Å². The summed E-state index contributed by atoms with van der Waals surface area (Å²) >= 11 is 11.7. The van der Waals surface area contributed by atoms with Crippen molar-refractivity contribution in [3.8, 4) is 5.75 Å². The highest BCUT2D eigenvalue weighted by Crippen LogP contribution is 2.28. The zero-order valence-corrected chi connectivity index (χ0v) is 12.7. The van der Waals surface area contributed by atoms with Crippen LogP contribution in [0.1, 0.15) is 6.92 Å². The summed E-state index contributed by atoms with van der Waals surface area (Å²) in [5.74, 6) is -0.0176. The van der Waals surface area contributed by atoms with E-state index in [0.717, 1.165) is 0 Å². The first-order valence-corrected chi connectivity index (χ1v) is 6.59. The molecule has 1 atom stereocenters. The number of esters is 1. The number of hydrogen-bond donors (Lipinski definition) is 0. The lowest BCUT2D eigenvalue weighted by atomic mass is 10.3. The van der Waals surface area contributed by atoms with Crippen LogP contribution in [-0.2, 0) is 9.53 Å². The van der Waals surface area contributed by atoms with Crippen LogP contribution in [0, 0.1) is 0 Å². The SMILES string of the molecule is CC(Oc1ccc(Cl)cc1Cl)C(=O)OCCN(C)C. The van der Waals surface area contributed by atoms with Crippen molar-refractivity contribution in [2.45, 2.75) is 13.0 Å². The van der Waals surface area contributed by atoms with Crippen molar-refractivity contribution in [3.63, 3.8) is 0 Å². The monoisotopic (exact) mass is 305 g/mol. The fraction of sp³-hybridized carbons (Fsp3) is 0.462. The van der Waals surface area contributed by atoms with Gasteiger partial charge in [-0.05, 0) is 39.2 Å². The molecule has 0 bridgehead atoms. The lowest BCUT2D eigenvalue weighted by Gasteiger charge is -2.16. The molecule has 1 aromatic carbocycles. The molecule has 19 heavy (non-hydrogen) atoms. The molecule has 0 heterocycles. The zero-order chi connectivity index (χ0) is 14.4. The van der Waals surface area contributed by atoms with Crippen LogP contribution < -0.4 is 4.74 Å². The van der Waals surface area contributed by atoms with Gasteiger partial charge in [-0.1, -0.05) is 23.2 Å². The second-order valence-corrected chi connectivity index (χ2v) is 5.15. The van der Waals surface area contributed by atoms with Crippen LogP contribution in [0.25, 0.3) is 0 Å². The average Bonchev–Trinajstić information content (AvgIpc) is 2.32. The molecule has 4 nitrogen and oxygen atoms in total. The number of likely N-dealkylation sites (N-methyl/N-ethyl adjacent to an activating group) is 1. The number of nitrogens with zero attached hydrogens (tertiary/aromatic N) is 1. The molecule has 6 heteroatoms. The number of ether oxygens (including phenoxy) is 2. The molecule has 0 aromatic heterocycles. The highest BCUT2D eigenvalue weighted by molar-refractivity contribution is 6.35. The van der Waals surface area contributed by atoms with Crippen molar-refractivity contribution in [2.24, 2.45) is 0 Å². The number of carbonyl (C=O) groups excluding carboxylic acids is 1. The Morgan fingerprint density at radius 2 is 2.05 bits per heavy atom. The maximum Gasteiger partial charge on any atom is 0.347 e. The summed E-state index contributed by atoms with van der Waals surface area (Å²) in [5.41, 5.74) is 0. The summed E-state index contributed by atoms with van der Waals surface area (Å²) in [4.78, 5) is 13.6. The molecule has 1 aromatic rings. The molecular weight excluding hydrogens is 289 g/mol. The Balaban J connectivity index is 2.49. The lowest BCUT2D eigenvalue weighted by Crippen LogP contribution is -2.29. The van der Waals surface area contributed by atoms with Crippen molar-refractivity contribution in [1.82, 2.24) is 4.90 Å². The van der Waals surface area contributed by atoms with Crippen molar-refractivity contribution >= 4 is 29.2 Å². The van der Waals surface area contributed by atoms with Crippen molar-refractivity contribution < 1.29 is 14.3 Å². The molecule has 106 valence electrons. The topological polar surface area (TPSA) is 38.8 Å². The third-order valence-electron chi connectivity index (χ3n) is 2.31. The second-order valence-electron chi connectivity index (χ2n) is 4.31. The Hall–Kier alpha value is -0.970. The van der Waals surface area contributed by atoms with Gasteiger partial charge < -0.3 is 14.4 Å². The van der Waals surface area contributed by atoms with E-state index in [1.54, 1.807) is 25.1 Å². The molecule has 0 aliphatic rings. The number of halogens is 2. The predicted molar refractivity (Wildman–Crippen MR) is 76.1 cm³/mol. The molecule has 0 radical (unpaired) electrons. The van der Waals surface area contributed by atoms with Crippen LogP contribution in [-0.4, -0.2) is 44.2 Å². The number of carbonyl (C=O) groups is 1. The maximum atomic E-state index is 11.7. The minimum atomic E-state index is -0.721. The Bertz CT molecular complexity index is 438. The van der Waals surface area contributed by atoms with E-state index >= 15 is 0 Å². The van der Waals surface area contributed by atoms with E-state index in [4.69, 9.17) is 32.7 Å². The van der Waals surface area contributed by atoms with E-state index in [2.05, 4.69) is 0 Å². The normalized spacial score (nSPS) is 12.3. The number of rotatable bonds is 6. The molecule has 0 N–H and O–H groups in total. The molecule has 0 fully saturated rings. The van der Waals surface area contributed by atoms with Crippen molar-refractivity contribution in [3.05, 3.63) is 28.2 Å². The quantitative estimate of drug-likeness (QED) is 0.758. The van der Waals surface area contributed by atoms with Crippen LogP contribution >= 0.6 is 23.2 Å². The van der Waals surface area contributed by atoms with E-state index < -0.39 is 12.1 Å². The molecule has 0 amide bonds. The van der Waals surface area contributed by atoms with Crippen LogP contribution in [0.15, 0.2) is 18.2 Å². The van der Waals surface area contributed by atoms with Gasteiger partial charge in [0.1, 0.15) is 12.4 Å². The summed E-state index contributed by atoms with van der Waals surface area (Å²) in [5, 5.41) is 0.874. The maximum absolute atomic E-state index is 11.7. The van der Waals surface area contributed by atoms with E-state index in [-0.39, 0.29) is 0 Å². The molecule has 0 saturated heterocycles. The summed E-state index contributed by atoms with van der Waals surface area (Å²) in [6.45, 7) is 2.61. The summed E-state index contributed by atoms with van der Waals surface area (Å²) in [6.07, 6.45) is -0.721. The Kier molecular flexibility index (Phi) is 6.42. The molecule has 0 spiro atoms. The van der Waals surface area contributed by atoms with Gasteiger partial charge in [-0.25, -0.2) is 4.79 Å². The van der Waals surface area contributed by atoms with Crippen LogP contribution in [0.5, 0.6) is 5.75 Å². The number of benzene rings is 1. The van der Waals surface area contributed by atoms with Crippen LogP contribution in [0.3, 0.4) is 0 Å². The highest BCUT2D eigenvalue weighted by Gasteiger charge is 2.17. The first-order chi connectivity index (χ1) is 8.90. The molecule has 0 aliphatic carbocycles. The largest absolute Gasteiger partial charge is 0.477 e. The van der Waals surface area contributed by atoms with Crippen molar-refractivity contribution in [2.75, 3.05) is 27.2 Å². The minimum absolute atomic E-state index is 0.327. The van der Waals surface area contributed by atoms with Gasteiger partial charge in [0.25, 0.3) is 0 Å². The summed E-state index contributed by atoms with van der Waals surface area (Å²) < 4.78 is 10.5. The second kappa shape index (κ2) is 7.58. The van der Waals surface area contributed by atoms with E-state index in [1.807, 2.05) is 19.0 Å². The summed E-state index contributed by atoms with van der Waals surface area (Å²) in [7, 11) is 3.81. The van der Waals surface area contributed by atoms with Gasteiger partial charge in [-0.2, -0.15) is 0 Å². The van der Waals surface area contributed by atoms with E-state index in [0.29, 0.717) is 28.9 Å². The van der Waals surface area contributed by atoms with Crippen LogP contribution in [0.2, 0.25) is 10.0 Å². The third-order valence-corrected chi connectivity index (χ3v) is 2.84. The third kappa shape index (κ3) is 5.68. The zero-order valence-electron chi connectivity index (χ0n) is 11.2. The van der Waals surface area contributed by atoms with Gasteiger partial charge in [-0.3, -0.25) is 0 Å². The van der Waals surface area contributed by atoms with Crippen LogP contribution in [0.4, 0.5) is 0 Å². The Morgan fingerprint density at radius 3 is 2.63 bits per heavy atom. The molecule has 1 unspecified atom stereocenters. The first-order valence-electron chi connectivity index (χ1n) is 5.83. The first kappa shape index (κ1) is 16.1. The van der Waals surface area contributed by atoms with Crippen molar-refractivity contribution in [1.29, 1.82) is 0 Å². The fourth-order valence-corrected chi connectivity index (χ4v) is 1.71. The number of hydrogen-bond acceptors (Lipinski definition) is 4. The average molecular weight is 306 g/mol. The van der Waals surface area contributed by atoms with E-state index in [9.17, 15) is 4.79 Å². The molecule has 0 saturated carbocycles. The van der Waals surface area contributed by atoms with Gasteiger partial charge in [0.05, 0.1) is 5.02 Å². The lowest BCUT2D eigenvalue weighted by molar-refractivity contribution is -0.151. The predicted octanol–water partition coefficient (Wildman–Crippen LogP) is 2.87. The standard InChI is InChI=1S/C13H17Cl2NO3/c1-9(13(17)18-7-6-16(2)3)19-12-5-4-10(14)8-11(12)15/h4-5,8-9H,6-7H2,1-3H3. The van der Waals surface area contributed by atoms with Gasteiger partial charge in [0.2, 0.25) is 0 Å². The summed E-state index contributed by atoms with van der Waals surface area (Å²) in [6, 6.07) is 4.82.